The number of hydrogen-bond donors (Lipinski definition) is 3. The first-order valence-corrected chi connectivity index (χ1v) is 14.0. The molecule has 7 rings (SSSR count). The largest absolute Gasteiger partial charge is 0.494 e. The summed E-state index contributed by atoms with van der Waals surface area (Å²) in [6.45, 7) is 2.94. The van der Waals surface area contributed by atoms with E-state index in [4.69, 9.17) is 4.74 Å². The highest BCUT2D eigenvalue weighted by Crippen LogP contribution is 2.36. The van der Waals surface area contributed by atoms with E-state index < -0.39 is 17.5 Å². The molecule has 1 aliphatic heterocycles. The minimum Gasteiger partial charge on any atom is -0.494 e. The van der Waals surface area contributed by atoms with Crippen molar-refractivity contribution in [3.05, 3.63) is 78.6 Å². The summed E-state index contributed by atoms with van der Waals surface area (Å²) in [5.41, 5.74) is 2.33. The summed E-state index contributed by atoms with van der Waals surface area (Å²) in [5, 5.41) is 23.3. The van der Waals surface area contributed by atoms with Gasteiger partial charge >= 0.3 is 6.03 Å². The molecule has 0 unspecified atom stereocenters. The number of urea groups is 1. The lowest BCUT2D eigenvalue weighted by atomic mass is 9.88. The van der Waals surface area contributed by atoms with Gasteiger partial charge in [-0.25, -0.2) is 4.79 Å². The van der Waals surface area contributed by atoms with Crippen LogP contribution < -0.4 is 15.4 Å². The Bertz CT molecular complexity index is 1920. The normalized spacial score (nSPS) is 18.1. The molecule has 1 saturated heterocycles. The molecular weight excluding hydrogens is 530 g/mol. The van der Waals surface area contributed by atoms with Gasteiger partial charge in [0, 0.05) is 28.9 Å². The molecular formula is C33H29N5O4. The van der Waals surface area contributed by atoms with Gasteiger partial charge < -0.3 is 19.7 Å². The van der Waals surface area contributed by atoms with Crippen LogP contribution in [0.3, 0.4) is 0 Å². The van der Waals surface area contributed by atoms with Gasteiger partial charge in [-0.1, -0.05) is 36.3 Å². The fourth-order valence-corrected chi connectivity index (χ4v) is 5.68. The molecule has 42 heavy (non-hydrogen) atoms. The molecule has 0 spiro atoms. The Balaban J connectivity index is 1.19. The van der Waals surface area contributed by atoms with E-state index >= 15 is 0 Å². The van der Waals surface area contributed by atoms with Crippen LogP contribution in [0.25, 0.3) is 32.8 Å². The molecule has 9 nitrogen and oxygen atoms in total. The van der Waals surface area contributed by atoms with Crippen LogP contribution in [0.4, 0.5) is 4.79 Å². The lowest BCUT2D eigenvalue weighted by Gasteiger charge is -2.27. The van der Waals surface area contributed by atoms with E-state index in [1.165, 1.54) is 12.8 Å². The van der Waals surface area contributed by atoms with Crippen molar-refractivity contribution in [2.75, 3.05) is 6.61 Å². The lowest BCUT2D eigenvalue weighted by molar-refractivity contribution is -0.124. The van der Waals surface area contributed by atoms with Gasteiger partial charge in [-0.2, -0.15) is 5.10 Å². The number of nitrogens with one attached hydrogen (secondary N) is 2. The van der Waals surface area contributed by atoms with Crippen LogP contribution in [0.15, 0.2) is 73.1 Å². The number of carbonyl (C=O) groups excluding carboxylic acids is 2. The van der Waals surface area contributed by atoms with Crippen LogP contribution in [0.5, 0.6) is 11.6 Å². The maximum atomic E-state index is 13.3. The lowest BCUT2D eigenvalue weighted by Crippen LogP contribution is -2.47. The van der Waals surface area contributed by atoms with Crippen LogP contribution in [-0.2, 0) is 23.4 Å². The Morgan fingerprint density at radius 1 is 1.05 bits per heavy atom. The zero-order valence-corrected chi connectivity index (χ0v) is 23.1. The summed E-state index contributed by atoms with van der Waals surface area (Å²) >= 11 is 0. The van der Waals surface area contributed by atoms with E-state index in [0.29, 0.717) is 16.7 Å². The van der Waals surface area contributed by atoms with Crippen LogP contribution in [0.1, 0.15) is 25.3 Å². The average Bonchev–Trinajstić information content (AvgIpc) is 3.55. The van der Waals surface area contributed by atoms with Crippen molar-refractivity contribution in [3.63, 3.8) is 0 Å². The van der Waals surface area contributed by atoms with Gasteiger partial charge in [0.2, 0.25) is 0 Å². The van der Waals surface area contributed by atoms with E-state index in [1.54, 1.807) is 29.8 Å². The number of nitrogens with zero attached hydrogens (tertiary/aromatic N) is 3. The van der Waals surface area contributed by atoms with Crippen LogP contribution in [0.2, 0.25) is 0 Å². The number of ether oxygens (including phenoxy) is 1. The van der Waals surface area contributed by atoms with Crippen LogP contribution in [-0.4, -0.2) is 38.0 Å². The predicted octanol–water partition coefficient (Wildman–Crippen LogP) is 4.91. The van der Waals surface area contributed by atoms with Crippen molar-refractivity contribution in [1.29, 1.82) is 0 Å². The molecule has 1 atom stereocenters. The first-order valence-electron chi connectivity index (χ1n) is 14.0. The minimum absolute atomic E-state index is 0.00588. The molecule has 1 saturated carbocycles. The standard InChI is InChI=1S/C33H29N5O4/c1-2-3-14-42-27-12-8-24-19-37(30(39)28(24)16-27)20-33(31(40)35-32(41)36-33)26-10-6-22(7-11-26)23-9-13-29-25(15-23)17-34-38(29)18-21-4-5-21/h6-13,15-17,19,21,39H,4-5,14,18,20H2,1H3,(H2,35,36,40,41)/t33-/m0/s1. The Morgan fingerprint density at radius 2 is 1.86 bits per heavy atom. The highest BCUT2D eigenvalue weighted by atomic mass is 16.5. The quantitative estimate of drug-likeness (QED) is 0.185. The van der Waals surface area contributed by atoms with Crippen LogP contribution in [0, 0.1) is 17.8 Å². The first-order chi connectivity index (χ1) is 20.4. The summed E-state index contributed by atoms with van der Waals surface area (Å²) in [7, 11) is 0. The summed E-state index contributed by atoms with van der Waals surface area (Å²) in [6.07, 6.45) is 6.21. The topological polar surface area (TPSA) is 110 Å². The molecule has 5 aromatic rings. The summed E-state index contributed by atoms with van der Waals surface area (Å²) in [4.78, 5) is 25.7. The fraction of sp³-hybridized carbons (Fsp3) is 0.242. The highest BCUT2D eigenvalue weighted by molar-refractivity contribution is 6.07. The summed E-state index contributed by atoms with van der Waals surface area (Å²) in [5.74, 6) is 6.43. The maximum Gasteiger partial charge on any atom is 0.322 e. The molecule has 2 aromatic heterocycles. The molecule has 3 heterocycles. The summed E-state index contributed by atoms with van der Waals surface area (Å²) in [6, 6.07) is 18.7. The van der Waals surface area contributed by atoms with Crippen molar-refractivity contribution >= 4 is 33.6 Å². The molecule has 0 radical (unpaired) electrons. The number of hydrogen-bond acceptors (Lipinski definition) is 5. The third kappa shape index (κ3) is 4.51. The average molecular weight is 560 g/mol. The highest BCUT2D eigenvalue weighted by Gasteiger charge is 2.48. The van der Waals surface area contributed by atoms with Crippen LogP contribution >= 0.6 is 0 Å². The number of rotatable bonds is 8. The van der Waals surface area contributed by atoms with E-state index in [2.05, 4.69) is 50.5 Å². The monoisotopic (exact) mass is 559 g/mol. The molecule has 210 valence electrons. The SMILES string of the molecule is CC#CCOc1ccc2cn(C[C@@]3(c4ccc(-c5ccc6c(cnn6CC6CC6)c5)cc4)NC(=O)NC3=O)c(O)c2c1. The van der Waals surface area contributed by atoms with Gasteiger partial charge in [0.05, 0.1) is 18.3 Å². The van der Waals surface area contributed by atoms with Crippen molar-refractivity contribution in [1.82, 2.24) is 25.0 Å². The smallest absolute Gasteiger partial charge is 0.322 e. The predicted molar refractivity (Wildman–Crippen MR) is 159 cm³/mol. The Kier molecular flexibility index (Phi) is 6.12. The number of aromatic hydroxyl groups is 1. The zero-order chi connectivity index (χ0) is 28.8. The van der Waals surface area contributed by atoms with Crippen molar-refractivity contribution < 1.29 is 19.4 Å². The first kappa shape index (κ1) is 25.7. The second-order valence-electron chi connectivity index (χ2n) is 11.0. The molecule has 2 aliphatic rings. The van der Waals surface area contributed by atoms with Gasteiger partial charge in [-0.05, 0) is 72.7 Å². The fourth-order valence-electron chi connectivity index (χ4n) is 5.68. The minimum atomic E-state index is -1.41. The zero-order valence-electron chi connectivity index (χ0n) is 23.1. The molecule has 0 bridgehead atoms. The number of aromatic nitrogens is 3. The number of amides is 3. The van der Waals surface area contributed by atoms with E-state index in [9.17, 15) is 14.7 Å². The molecule has 3 N–H and O–H groups in total. The van der Waals surface area contributed by atoms with E-state index in [1.807, 2.05) is 36.5 Å². The van der Waals surface area contributed by atoms with Gasteiger partial charge in [-0.3, -0.25) is 14.8 Å². The Morgan fingerprint density at radius 3 is 2.60 bits per heavy atom. The van der Waals surface area contributed by atoms with Gasteiger partial charge in [0.15, 0.2) is 11.4 Å². The third-order valence-corrected chi connectivity index (χ3v) is 8.15. The second kappa shape index (κ2) is 10.00. The summed E-state index contributed by atoms with van der Waals surface area (Å²) < 4.78 is 9.30. The van der Waals surface area contributed by atoms with Gasteiger partial charge in [0.1, 0.15) is 12.4 Å². The number of fused-ring (bicyclic) bond motifs is 2. The number of carbonyl (C=O) groups is 2. The molecule has 9 heteroatoms. The number of benzene rings is 3. The maximum absolute atomic E-state index is 13.3. The third-order valence-electron chi connectivity index (χ3n) is 8.15. The van der Waals surface area contributed by atoms with Crippen molar-refractivity contribution in [3.8, 4) is 34.6 Å². The molecule has 1 aliphatic carbocycles. The molecule has 3 amide bonds. The van der Waals surface area contributed by atoms with Gasteiger partial charge in [-0.15, -0.1) is 5.92 Å². The van der Waals surface area contributed by atoms with Gasteiger partial charge in [0.25, 0.3) is 5.91 Å². The van der Waals surface area contributed by atoms with E-state index in [0.717, 1.165) is 39.9 Å². The Hall–Kier alpha value is -5.23. The van der Waals surface area contributed by atoms with E-state index in [-0.39, 0.29) is 19.0 Å². The number of imide groups is 1. The van der Waals surface area contributed by atoms with Crippen molar-refractivity contribution in [2.45, 2.75) is 38.4 Å². The molecule has 2 fully saturated rings. The second-order valence-corrected chi connectivity index (χ2v) is 11.0. The Labute approximate surface area is 242 Å². The molecule has 3 aromatic carbocycles. The van der Waals surface area contributed by atoms with Crippen molar-refractivity contribution in [2.24, 2.45) is 5.92 Å².